The average molecular weight is 518 g/mol. The molecule has 0 aliphatic rings. The molecule has 1 aromatic heterocycles. The van der Waals surface area contributed by atoms with Gasteiger partial charge < -0.3 is 31.2 Å². The van der Waals surface area contributed by atoms with Crippen molar-refractivity contribution in [3.63, 3.8) is 0 Å². The van der Waals surface area contributed by atoms with Gasteiger partial charge in [0.1, 0.15) is 16.5 Å². The van der Waals surface area contributed by atoms with E-state index in [1.807, 2.05) is 0 Å². The number of nitrogens with two attached hydrogens (primary N) is 2. The molecule has 192 valence electrons. The van der Waals surface area contributed by atoms with E-state index in [-0.39, 0.29) is 30.4 Å². The second-order valence-corrected chi connectivity index (χ2v) is 8.20. The van der Waals surface area contributed by atoms with Crippen LogP contribution in [0.1, 0.15) is 33.2 Å². The van der Waals surface area contributed by atoms with Gasteiger partial charge in [0.25, 0.3) is 11.8 Å². The van der Waals surface area contributed by atoms with Crippen molar-refractivity contribution >= 4 is 23.2 Å². The third-order valence-electron chi connectivity index (χ3n) is 4.27. The van der Waals surface area contributed by atoms with Gasteiger partial charge in [0.15, 0.2) is 0 Å². The highest BCUT2D eigenvalue weighted by Crippen LogP contribution is 2.23. The van der Waals surface area contributed by atoms with Crippen molar-refractivity contribution in [2.75, 3.05) is 19.7 Å². The number of nitrogens with zero attached hydrogens (tertiary/aromatic N) is 3. The van der Waals surface area contributed by atoms with Crippen LogP contribution in [0.4, 0.5) is 13.2 Å². The van der Waals surface area contributed by atoms with Gasteiger partial charge >= 0.3 is 6.36 Å². The van der Waals surface area contributed by atoms with Crippen LogP contribution in [-0.2, 0) is 17.8 Å². The fourth-order valence-corrected chi connectivity index (χ4v) is 3.50. The van der Waals surface area contributed by atoms with Crippen molar-refractivity contribution < 1.29 is 32.6 Å². The molecule has 0 unspecified atom stereocenters. The van der Waals surface area contributed by atoms with E-state index in [1.165, 1.54) is 23.3 Å². The second-order valence-electron chi connectivity index (χ2n) is 7.14. The SMILES string of the molecule is N/C(=C\N(N)CCCCc1nnc(C(=O)NCCO)s1)C(=O)NCc1cccc(OC(F)(F)F)c1. The largest absolute Gasteiger partial charge is 0.573 e. The van der Waals surface area contributed by atoms with Crippen LogP contribution in [0, 0.1) is 0 Å². The lowest BCUT2D eigenvalue weighted by molar-refractivity contribution is -0.274. The number of aromatic nitrogens is 2. The number of benzene rings is 1. The summed E-state index contributed by atoms with van der Waals surface area (Å²) in [5, 5.41) is 23.6. The topological polar surface area (TPSA) is 169 Å². The molecule has 2 rings (SSSR count). The molecule has 0 bridgehead atoms. The summed E-state index contributed by atoms with van der Waals surface area (Å²) in [6.07, 6.45) is -1.64. The van der Waals surface area contributed by atoms with Gasteiger partial charge in [-0.05, 0) is 30.5 Å². The Morgan fingerprint density at radius 3 is 2.71 bits per heavy atom. The van der Waals surface area contributed by atoms with E-state index in [0.717, 1.165) is 23.5 Å². The van der Waals surface area contributed by atoms with Crippen molar-refractivity contribution in [1.29, 1.82) is 0 Å². The summed E-state index contributed by atoms with van der Waals surface area (Å²) >= 11 is 1.16. The molecule has 0 fully saturated rings. The van der Waals surface area contributed by atoms with Crippen LogP contribution in [0.3, 0.4) is 0 Å². The summed E-state index contributed by atoms with van der Waals surface area (Å²) in [4.78, 5) is 23.9. The predicted molar refractivity (Wildman–Crippen MR) is 120 cm³/mol. The van der Waals surface area contributed by atoms with E-state index in [0.29, 0.717) is 36.4 Å². The monoisotopic (exact) mass is 517 g/mol. The lowest BCUT2D eigenvalue weighted by Gasteiger charge is -2.15. The molecule has 0 spiro atoms. The van der Waals surface area contributed by atoms with Crippen LogP contribution in [-0.4, -0.2) is 58.2 Å². The molecular formula is C20H26F3N7O4S. The number of amides is 2. The Hall–Kier alpha value is -3.43. The number of alkyl halides is 3. The molecule has 0 saturated carbocycles. The first-order chi connectivity index (χ1) is 16.6. The standard InChI is InChI=1S/C20H26F3N7O4S/c21-20(22,23)34-14-5-3-4-13(10-14)11-27-17(32)15(24)12-30(25)8-2-1-6-16-28-29-19(35-16)18(33)26-7-9-31/h3-5,10,12,31H,1-2,6-9,11,24-25H2,(H,26,33)(H,27,32)/b15-12-. The number of nitrogens with one attached hydrogen (secondary N) is 2. The van der Waals surface area contributed by atoms with Crippen LogP contribution in [0.5, 0.6) is 5.75 Å². The Morgan fingerprint density at radius 1 is 1.23 bits per heavy atom. The van der Waals surface area contributed by atoms with E-state index in [1.54, 1.807) is 0 Å². The molecule has 2 amide bonds. The Kier molecular flexibility index (Phi) is 10.7. The number of aliphatic hydroxyl groups excluding tert-OH is 1. The summed E-state index contributed by atoms with van der Waals surface area (Å²) < 4.78 is 40.8. The lowest BCUT2D eigenvalue weighted by atomic mass is 10.2. The Bertz CT molecular complexity index is 1020. The highest BCUT2D eigenvalue weighted by atomic mass is 32.1. The van der Waals surface area contributed by atoms with Crippen molar-refractivity contribution in [3.05, 3.63) is 51.7 Å². The van der Waals surface area contributed by atoms with Crippen LogP contribution < -0.4 is 26.9 Å². The highest BCUT2D eigenvalue weighted by molar-refractivity contribution is 7.13. The maximum atomic E-state index is 12.3. The van der Waals surface area contributed by atoms with Gasteiger partial charge in [0.2, 0.25) is 5.01 Å². The van der Waals surface area contributed by atoms with Gasteiger partial charge in [0, 0.05) is 32.3 Å². The average Bonchev–Trinajstić information content (AvgIpc) is 3.27. The quantitative estimate of drug-likeness (QED) is 0.112. The van der Waals surface area contributed by atoms with E-state index < -0.39 is 23.9 Å². The number of carbonyl (C=O) groups excluding carboxylic acids is 2. The fourth-order valence-electron chi connectivity index (χ4n) is 2.70. The lowest BCUT2D eigenvalue weighted by Crippen LogP contribution is -2.33. The molecule has 0 aliphatic heterocycles. The zero-order valence-electron chi connectivity index (χ0n) is 18.5. The minimum Gasteiger partial charge on any atom is -0.406 e. The predicted octanol–water partition coefficient (Wildman–Crippen LogP) is 0.774. The number of hydrazine groups is 1. The van der Waals surface area contributed by atoms with Gasteiger partial charge in [-0.25, -0.2) is 5.84 Å². The zero-order valence-corrected chi connectivity index (χ0v) is 19.4. The number of hydrogen-bond acceptors (Lipinski definition) is 10. The van der Waals surface area contributed by atoms with Crippen molar-refractivity contribution in [1.82, 2.24) is 25.8 Å². The van der Waals surface area contributed by atoms with Gasteiger partial charge in [-0.2, -0.15) is 0 Å². The normalized spacial score (nSPS) is 11.7. The zero-order chi connectivity index (χ0) is 25.8. The summed E-state index contributed by atoms with van der Waals surface area (Å²) in [6.45, 7) is 0.295. The second kappa shape index (κ2) is 13.5. The first-order valence-electron chi connectivity index (χ1n) is 10.4. The summed E-state index contributed by atoms with van der Waals surface area (Å²) in [5.41, 5.74) is 5.96. The first kappa shape index (κ1) is 27.8. The minimum atomic E-state index is -4.81. The van der Waals surface area contributed by atoms with Gasteiger partial charge in [-0.3, -0.25) is 9.59 Å². The third kappa shape index (κ3) is 10.6. The Labute approximate surface area is 202 Å². The van der Waals surface area contributed by atoms with E-state index in [4.69, 9.17) is 16.7 Å². The smallest absolute Gasteiger partial charge is 0.406 e. The highest BCUT2D eigenvalue weighted by Gasteiger charge is 2.31. The number of aryl methyl sites for hydroxylation is 1. The maximum Gasteiger partial charge on any atom is 0.573 e. The van der Waals surface area contributed by atoms with Gasteiger partial charge in [-0.15, -0.1) is 23.4 Å². The van der Waals surface area contributed by atoms with Crippen molar-refractivity contribution in [3.8, 4) is 5.75 Å². The molecular weight excluding hydrogens is 491 g/mol. The number of unbranched alkanes of at least 4 members (excludes halogenated alkanes) is 1. The molecule has 1 aromatic carbocycles. The van der Waals surface area contributed by atoms with E-state index >= 15 is 0 Å². The third-order valence-corrected chi connectivity index (χ3v) is 5.25. The first-order valence-corrected chi connectivity index (χ1v) is 11.2. The summed E-state index contributed by atoms with van der Waals surface area (Å²) in [6, 6.07) is 5.21. The van der Waals surface area contributed by atoms with Crippen molar-refractivity contribution in [2.24, 2.45) is 11.6 Å². The van der Waals surface area contributed by atoms with Gasteiger partial charge in [-0.1, -0.05) is 23.5 Å². The molecule has 0 radical (unpaired) electrons. The summed E-state index contributed by atoms with van der Waals surface area (Å²) in [7, 11) is 0. The number of hydrogen-bond donors (Lipinski definition) is 5. The number of carbonyl (C=O) groups is 2. The maximum absolute atomic E-state index is 12.3. The molecule has 0 atom stereocenters. The van der Waals surface area contributed by atoms with Crippen LogP contribution >= 0.6 is 11.3 Å². The van der Waals surface area contributed by atoms with Crippen LogP contribution in [0.15, 0.2) is 36.2 Å². The number of aliphatic hydroxyl groups is 1. The molecule has 0 saturated heterocycles. The van der Waals surface area contributed by atoms with E-state index in [2.05, 4.69) is 25.6 Å². The van der Waals surface area contributed by atoms with Crippen LogP contribution in [0.2, 0.25) is 0 Å². The molecule has 11 nitrogen and oxygen atoms in total. The van der Waals surface area contributed by atoms with Crippen molar-refractivity contribution in [2.45, 2.75) is 32.2 Å². The van der Waals surface area contributed by atoms with Gasteiger partial charge in [0.05, 0.1) is 6.61 Å². The molecule has 7 N–H and O–H groups in total. The minimum absolute atomic E-state index is 0.0607. The van der Waals surface area contributed by atoms with E-state index in [9.17, 15) is 22.8 Å². The molecule has 35 heavy (non-hydrogen) atoms. The number of rotatable bonds is 13. The Balaban J connectivity index is 1.72. The fraction of sp³-hybridized carbons (Fsp3) is 0.400. The molecule has 15 heteroatoms. The number of ether oxygens (including phenoxy) is 1. The molecule has 2 aromatic rings. The molecule has 1 heterocycles. The molecule has 0 aliphatic carbocycles. The summed E-state index contributed by atoms with van der Waals surface area (Å²) in [5.74, 6) is 4.42. The van der Waals surface area contributed by atoms with Crippen LogP contribution in [0.25, 0.3) is 0 Å². The number of halogens is 3. The Morgan fingerprint density at radius 2 is 2.00 bits per heavy atom.